The fraction of sp³-hybridized carbons (Fsp3) is 0.389. The van der Waals surface area contributed by atoms with E-state index < -0.39 is 0 Å². The van der Waals surface area contributed by atoms with Crippen LogP contribution in [0.5, 0.6) is 10.8 Å². The molecule has 1 aromatic carbocycles. The lowest BCUT2D eigenvalue weighted by molar-refractivity contribution is -0.114. The van der Waals surface area contributed by atoms with E-state index in [1.807, 2.05) is 0 Å². The molecule has 2 aromatic rings. The maximum atomic E-state index is 12.4. The summed E-state index contributed by atoms with van der Waals surface area (Å²) in [6.07, 6.45) is 4.87. The molecular weight excluding hydrogens is 352 g/mol. The molecule has 3 heterocycles. The van der Waals surface area contributed by atoms with Gasteiger partial charge in [-0.25, -0.2) is 4.98 Å². The van der Waals surface area contributed by atoms with Crippen molar-refractivity contribution in [1.29, 1.82) is 0 Å². The van der Waals surface area contributed by atoms with Crippen molar-refractivity contribution in [1.82, 2.24) is 15.6 Å². The Bertz CT molecular complexity index is 820. The molecule has 136 valence electrons. The summed E-state index contributed by atoms with van der Waals surface area (Å²) in [5.41, 5.74) is 0.702. The van der Waals surface area contributed by atoms with Gasteiger partial charge in [0.05, 0.1) is 6.20 Å². The Morgan fingerprint density at radius 3 is 2.73 bits per heavy atom. The molecule has 2 bridgehead atoms. The largest absolute Gasteiger partial charge is 0.445 e. The first-order chi connectivity index (χ1) is 12.6. The quantitative estimate of drug-likeness (QED) is 0.750. The lowest BCUT2D eigenvalue weighted by atomic mass is 9.95. The van der Waals surface area contributed by atoms with Crippen molar-refractivity contribution >= 4 is 28.8 Å². The van der Waals surface area contributed by atoms with Crippen LogP contribution in [0.2, 0.25) is 0 Å². The minimum Gasteiger partial charge on any atom is -0.445 e. The summed E-state index contributed by atoms with van der Waals surface area (Å²) in [6, 6.07) is 8.15. The maximum absolute atomic E-state index is 12.4. The Hall–Kier alpha value is -2.45. The summed E-state index contributed by atoms with van der Waals surface area (Å²) in [6.45, 7) is 1.46. The molecule has 0 aliphatic carbocycles. The highest BCUT2D eigenvalue weighted by Gasteiger charge is 2.39. The van der Waals surface area contributed by atoms with Gasteiger partial charge in [-0.1, -0.05) is 11.3 Å². The predicted octanol–water partition coefficient (Wildman–Crippen LogP) is 2.52. The number of thiazole rings is 1. The summed E-state index contributed by atoms with van der Waals surface area (Å²) >= 11 is 1.22. The maximum Gasteiger partial charge on any atom is 0.280 e. The highest BCUT2D eigenvalue weighted by atomic mass is 32.1. The fourth-order valence-corrected chi connectivity index (χ4v) is 4.24. The smallest absolute Gasteiger partial charge is 0.280 e. The molecule has 0 unspecified atom stereocenters. The van der Waals surface area contributed by atoms with Crippen LogP contribution in [0.3, 0.4) is 0 Å². The lowest BCUT2D eigenvalue weighted by Crippen LogP contribution is -2.42. The molecule has 3 N–H and O–H groups in total. The molecule has 2 aliphatic rings. The zero-order valence-electron chi connectivity index (χ0n) is 14.3. The van der Waals surface area contributed by atoms with Gasteiger partial charge in [-0.2, -0.15) is 0 Å². The zero-order chi connectivity index (χ0) is 18.1. The van der Waals surface area contributed by atoms with Gasteiger partial charge in [0.15, 0.2) is 5.01 Å². The summed E-state index contributed by atoms with van der Waals surface area (Å²) in [7, 11) is 0. The molecule has 0 saturated carbocycles. The van der Waals surface area contributed by atoms with E-state index in [2.05, 4.69) is 20.9 Å². The van der Waals surface area contributed by atoms with Crippen molar-refractivity contribution in [2.45, 2.75) is 44.3 Å². The number of benzene rings is 1. The number of carbonyl (C=O) groups excluding carboxylic acids is 2. The SMILES string of the molecule is CC(=O)Nc1ccc(Oc2cnc(C(=O)N[C@@H]3C[C@H]4CC[C@@H]3N4)s2)cc1. The van der Waals surface area contributed by atoms with Gasteiger partial charge in [-0.05, 0) is 43.5 Å². The Labute approximate surface area is 155 Å². The monoisotopic (exact) mass is 372 g/mol. The Kier molecular flexibility index (Phi) is 4.60. The van der Waals surface area contributed by atoms with Crippen molar-refractivity contribution in [3.8, 4) is 10.8 Å². The van der Waals surface area contributed by atoms with Gasteiger partial charge in [0.25, 0.3) is 5.91 Å². The Morgan fingerprint density at radius 1 is 1.27 bits per heavy atom. The summed E-state index contributed by atoms with van der Waals surface area (Å²) in [5, 5.41) is 10.2. The third-order valence-corrected chi connectivity index (χ3v) is 5.56. The van der Waals surface area contributed by atoms with Crippen molar-refractivity contribution in [3.63, 3.8) is 0 Å². The number of ether oxygens (including phenoxy) is 1. The first-order valence-corrected chi connectivity index (χ1v) is 9.47. The predicted molar refractivity (Wildman–Crippen MR) is 98.8 cm³/mol. The van der Waals surface area contributed by atoms with Gasteiger partial charge in [0.1, 0.15) is 5.75 Å². The second kappa shape index (κ2) is 7.05. The molecule has 0 spiro atoms. The number of hydrogen-bond acceptors (Lipinski definition) is 6. The van der Waals surface area contributed by atoms with Gasteiger partial charge in [-0.3, -0.25) is 9.59 Å². The highest BCUT2D eigenvalue weighted by Crippen LogP contribution is 2.30. The number of rotatable bonds is 5. The van der Waals surface area contributed by atoms with E-state index in [4.69, 9.17) is 4.74 Å². The van der Waals surface area contributed by atoms with Gasteiger partial charge in [0, 0.05) is 30.7 Å². The Morgan fingerprint density at radius 2 is 2.08 bits per heavy atom. The summed E-state index contributed by atoms with van der Waals surface area (Å²) in [4.78, 5) is 27.6. The first-order valence-electron chi connectivity index (χ1n) is 8.65. The Balaban J connectivity index is 1.35. The van der Waals surface area contributed by atoms with E-state index >= 15 is 0 Å². The minimum atomic E-state index is -0.148. The molecule has 2 saturated heterocycles. The zero-order valence-corrected chi connectivity index (χ0v) is 15.1. The van der Waals surface area contributed by atoms with Gasteiger partial charge in [0.2, 0.25) is 11.0 Å². The molecule has 7 nitrogen and oxygen atoms in total. The minimum absolute atomic E-state index is 0.123. The van der Waals surface area contributed by atoms with Crippen molar-refractivity contribution in [2.24, 2.45) is 0 Å². The van der Waals surface area contributed by atoms with Gasteiger partial charge in [-0.15, -0.1) is 0 Å². The molecule has 1 aromatic heterocycles. The van der Waals surface area contributed by atoms with E-state index in [0.717, 1.165) is 12.8 Å². The standard InChI is InChI=1S/C18H20N4O3S/c1-10(23)20-11-2-5-13(6-3-11)25-16-9-19-18(26-16)17(24)22-15-8-12-4-7-14(15)21-12/h2-3,5-6,9,12,14-15,21H,4,7-8H2,1H3,(H,20,23)(H,22,24)/t12-,14+,15-/m1/s1. The molecule has 3 atom stereocenters. The topological polar surface area (TPSA) is 92.3 Å². The number of nitrogens with one attached hydrogen (secondary N) is 3. The molecule has 8 heteroatoms. The number of amides is 2. The van der Waals surface area contributed by atoms with Crippen LogP contribution in [0.1, 0.15) is 36.0 Å². The van der Waals surface area contributed by atoms with Crippen LogP contribution in [0, 0.1) is 0 Å². The molecule has 2 amide bonds. The van der Waals surface area contributed by atoms with Crippen LogP contribution < -0.4 is 20.7 Å². The molecule has 4 rings (SSSR count). The van der Waals surface area contributed by atoms with Crippen LogP contribution in [-0.4, -0.2) is 34.9 Å². The van der Waals surface area contributed by atoms with Crippen molar-refractivity contribution in [2.75, 3.05) is 5.32 Å². The van der Waals surface area contributed by atoms with E-state index in [1.54, 1.807) is 30.5 Å². The summed E-state index contributed by atoms with van der Waals surface area (Å²) < 4.78 is 5.74. The first kappa shape index (κ1) is 17.0. The molecule has 2 fully saturated rings. The van der Waals surface area contributed by atoms with E-state index in [-0.39, 0.29) is 17.9 Å². The normalized spacial score (nSPS) is 23.7. The second-order valence-electron chi connectivity index (χ2n) is 6.66. The van der Waals surface area contributed by atoms with Crippen LogP contribution in [0.4, 0.5) is 5.69 Å². The van der Waals surface area contributed by atoms with Gasteiger partial charge < -0.3 is 20.7 Å². The molecule has 0 radical (unpaired) electrons. The van der Waals surface area contributed by atoms with E-state index in [9.17, 15) is 9.59 Å². The third kappa shape index (κ3) is 3.71. The third-order valence-electron chi connectivity index (χ3n) is 4.69. The number of carbonyl (C=O) groups is 2. The van der Waals surface area contributed by atoms with E-state index in [0.29, 0.717) is 33.6 Å². The number of anilines is 1. The van der Waals surface area contributed by atoms with Crippen LogP contribution >= 0.6 is 11.3 Å². The van der Waals surface area contributed by atoms with Crippen molar-refractivity contribution in [3.05, 3.63) is 35.5 Å². The second-order valence-corrected chi connectivity index (χ2v) is 7.65. The summed E-state index contributed by atoms with van der Waals surface area (Å²) in [5.74, 6) is 0.347. The van der Waals surface area contributed by atoms with Crippen LogP contribution in [-0.2, 0) is 4.79 Å². The molecule has 2 aliphatic heterocycles. The fourth-order valence-electron chi connectivity index (χ4n) is 3.55. The number of fused-ring (bicyclic) bond motifs is 2. The number of hydrogen-bond donors (Lipinski definition) is 3. The highest BCUT2D eigenvalue weighted by molar-refractivity contribution is 7.15. The van der Waals surface area contributed by atoms with Crippen LogP contribution in [0.25, 0.3) is 0 Å². The number of nitrogens with zero attached hydrogens (tertiary/aromatic N) is 1. The molecule has 26 heavy (non-hydrogen) atoms. The lowest BCUT2D eigenvalue weighted by Gasteiger charge is -2.20. The van der Waals surface area contributed by atoms with E-state index in [1.165, 1.54) is 24.7 Å². The van der Waals surface area contributed by atoms with Crippen LogP contribution in [0.15, 0.2) is 30.5 Å². The molecular formula is C18H20N4O3S. The average molecular weight is 372 g/mol. The average Bonchev–Trinajstić information content (AvgIpc) is 3.33. The number of aromatic nitrogens is 1. The van der Waals surface area contributed by atoms with Crippen molar-refractivity contribution < 1.29 is 14.3 Å². The van der Waals surface area contributed by atoms with Gasteiger partial charge >= 0.3 is 0 Å².